The van der Waals surface area contributed by atoms with Crippen molar-refractivity contribution in [1.82, 2.24) is 0 Å². The molecule has 0 N–H and O–H groups in total. The first-order valence-corrected chi connectivity index (χ1v) is 10.5. The van der Waals surface area contributed by atoms with Gasteiger partial charge in [0, 0.05) is 11.5 Å². The molecule has 0 aromatic heterocycles. The van der Waals surface area contributed by atoms with Crippen molar-refractivity contribution in [3.8, 4) is 12.3 Å². The topological polar surface area (TPSA) is 26.3 Å². The van der Waals surface area contributed by atoms with Crippen molar-refractivity contribution in [2.24, 2.45) is 35.0 Å². The van der Waals surface area contributed by atoms with Gasteiger partial charge in [-0.25, -0.2) is 4.79 Å². The van der Waals surface area contributed by atoms with Gasteiger partial charge in [-0.2, -0.15) is 0 Å². The Hall–Kier alpha value is -1.49. The van der Waals surface area contributed by atoms with Crippen LogP contribution in [0.15, 0.2) is 24.3 Å². The van der Waals surface area contributed by atoms with Crippen molar-refractivity contribution in [3.05, 3.63) is 24.3 Å². The van der Waals surface area contributed by atoms with Crippen molar-refractivity contribution in [2.45, 2.75) is 70.8 Å². The second-order valence-corrected chi connectivity index (χ2v) is 9.27. The standard InChI is InChI=1S/C24H32O2/c1-4-8-22(25)26-24(5-2)16-14-21-20-12-11-17-9-6-7-10-18(17)19(20)13-15-23(21,24)3/h2,4,6-8,17-21H,9-16H2,1,3H3/b8-4+/t17?,18-,19+,20+,21-,23-,24-/m0/s1. The van der Waals surface area contributed by atoms with E-state index in [1.165, 1.54) is 38.2 Å². The van der Waals surface area contributed by atoms with E-state index in [2.05, 4.69) is 25.0 Å². The predicted octanol–water partition coefficient (Wildman–Crippen LogP) is 5.30. The highest BCUT2D eigenvalue weighted by Gasteiger charge is 2.64. The van der Waals surface area contributed by atoms with Gasteiger partial charge in [-0.15, -0.1) is 6.42 Å². The maximum atomic E-state index is 12.2. The van der Waals surface area contributed by atoms with Gasteiger partial charge in [0.25, 0.3) is 0 Å². The lowest BCUT2D eigenvalue weighted by molar-refractivity contribution is -0.165. The molecule has 0 amide bonds. The quantitative estimate of drug-likeness (QED) is 0.292. The van der Waals surface area contributed by atoms with Gasteiger partial charge in [-0.3, -0.25) is 0 Å². The van der Waals surface area contributed by atoms with Crippen LogP contribution in [0.25, 0.3) is 0 Å². The number of ether oxygens (including phenoxy) is 1. The number of hydrogen-bond donors (Lipinski definition) is 0. The van der Waals surface area contributed by atoms with Crippen LogP contribution in [0.1, 0.15) is 65.2 Å². The van der Waals surface area contributed by atoms with Crippen molar-refractivity contribution in [1.29, 1.82) is 0 Å². The van der Waals surface area contributed by atoms with E-state index < -0.39 is 5.60 Å². The molecule has 26 heavy (non-hydrogen) atoms. The van der Waals surface area contributed by atoms with Crippen LogP contribution >= 0.6 is 0 Å². The molecule has 7 atom stereocenters. The summed E-state index contributed by atoms with van der Waals surface area (Å²) in [6.45, 7) is 4.15. The maximum Gasteiger partial charge on any atom is 0.331 e. The summed E-state index contributed by atoms with van der Waals surface area (Å²) in [5.74, 6) is 6.66. The molecule has 0 saturated heterocycles. The molecule has 4 aliphatic carbocycles. The number of esters is 1. The van der Waals surface area contributed by atoms with Crippen LogP contribution in [0.3, 0.4) is 0 Å². The Morgan fingerprint density at radius 3 is 2.69 bits per heavy atom. The second-order valence-electron chi connectivity index (χ2n) is 9.27. The van der Waals surface area contributed by atoms with Gasteiger partial charge >= 0.3 is 5.97 Å². The molecule has 0 radical (unpaired) electrons. The molecule has 0 bridgehead atoms. The van der Waals surface area contributed by atoms with Gasteiger partial charge in [-0.1, -0.05) is 31.1 Å². The van der Waals surface area contributed by atoms with Gasteiger partial charge < -0.3 is 4.74 Å². The van der Waals surface area contributed by atoms with Gasteiger partial charge in [0.1, 0.15) is 0 Å². The molecule has 0 aromatic carbocycles. The Morgan fingerprint density at radius 1 is 1.12 bits per heavy atom. The lowest BCUT2D eigenvalue weighted by Gasteiger charge is -2.56. The summed E-state index contributed by atoms with van der Waals surface area (Å²) in [6, 6.07) is 0. The zero-order chi connectivity index (χ0) is 18.4. The van der Waals surface area contributed by atoms with E-state index in [-0.39, 0.29) is 11.4 Å². The number of carbonyl (C=O) groups excluding carboxylic acids is 1. The van der Waals surface area contributed by atoms with E-state index >= 15 is 0 Å². The highest BCUT2D eigenvalue weighted by atomic mass is 16.6. The smallest absolute Gasteiger partial charge is 0.331 e. The highest BCUT2D eigenvalue weighted by Crippen LogP contribution is 2.65. The molecule has 3 saturated carbocycles. The van der Waals surface area contributed by atoms with Crippen LogP contribution in [0.4, 0.5) is 0 Å². The number of carbonyl (C=O) groups is 1. The first-order valence-electron chi connectivity index (χ1n) is 10.5. The molecule has 140 valence electrons. The zero-order valence-corrected chi connectivity index (χ0v) is 16.2. The molecule has 1 unspecified atom stereocenters. The van der Waals surface area contributed by atoms with Crippen molar-refractivity contribution >= 4 is 5.97 Å². The maximum absolute atomic E-state index is 12.2. The average molecular weight is 353 g/mol. The molecule has 0 aliphatic heterocycles. The van der Waals surface area contributed by atoms with Crippen LogP contribution < -0.4 is 0 Å². The molecule has 0 heterocycles. The third-order valence-electron chi connectivity index (χ3n) is 8.46. The van der Waals surface area contributed by atoms with Gasteiger partial charge in [0.2, 0.25) is 0 Å². The summed E-state index contributed by atoms with van der Waals surface area (Å²) in [5, 5.41) is 0. The first-order chi connectivity index (χ1) is 12.5. The fraction of sp³-hybridized carbons (Fsp3) is 0.708. The third-order valence-corrected chi connectivity index (χ3v) is 8.46. The molecular formula is C24H32O2. The zero-order valence-electron chi connectivity index (χ0n) is 16.2. The fourth-order valence-electron chi connectivity index (χ4n) is 7.19. The average Bonchev–Trinajstić information content (AvgIpc) is 2.94. The van der Waals surface area contributed by atoms with Crippen LogP contribution in [-0.2, 0) is 9.53 Å². The van der Waals surface area contributed by atoms with Gasteiger partial charge in [0.05, 0.1) is 0 Å². The molecule has 4 aliphatic rings. The van der Waals surface area contributed by atoms with Crippen molar-refractivity contribution < 1.29 is 9.53 Å². The minimum Gasteiger partial charge on any atom is -0.442 e. The minimum atomic E-state index is -0.720. The number of rotatable bonds is 2. The van der Waals surface area contributed by atoms with E-state index in [0.29, 0.717) is 5.92 Å². The molecule has 4 rings (SSSR count). The fourth-order valence-corrected chi connectivity index (χ4v) is 7.19. The van der Waals surface area contributed by atoms with Crippen LogP contribution in [0.2, 0.25) is 0 Å². The molecule has 2 nitrogen and oxygen atoms in total. The summed E-state index contributed by atoms with van der Waals surface area (Å²) < 4.78 is 5.97. The van der Waals surface area contributed by atoms with Gasteiger partial charge in [-0.05, 0) is 87.9 Å². The van der Waals surface area contributed by atoms with E-state index in [4.69, 9.17) is 11.2 Å². The lowest BCUT2D eigenvalue weighted by atomic mass is 9.49. The van der Waals surface area contributed by atoms with Crippen LogP contribution in [0.5, 0.6) is 0 Å². The molecule has 3 fully saturated rings. The van der Waals surface area contributed by atoms with Crippen molar-refractivity contribution in [2.75, 3.05) is 0 Å². The Balaban J connectivity index is 1.61. The summed E-state index contributed by atoms with van der Waals surface area (Å²) in [4.78, 5) is 12.2. The summed E-state index contributed by atoms with van der Waals surface area (Å²) >= 11 is 0. The first kappa shape index (κ1) is 17.9. The third kappa shape index (κ3) is 2.50. The monoisotopic (exact) mass is 352 g/mol. The highest BCUT2D eigenvalue weighted by molar-refractivity contribution is 5.82. The Kier molecular flexibility index (Phi) is 4.54. The second kappa shape index (κ2) is 6.59. The minimum absolute atomic E-state index is 0.0719. The van der Waals surface area contributed by atoms with Crippen LogP contribution in [0, 0.1) is 47.3 Å². The Morgan fingerprint density at radius 2 is 1.92 bits per heavy atom. The van der Waals surface area contributed by atoms with E-state index in [1.807, 2.05) is 6.92 Å². The molecule has 2 heteroatoms. The summed E-state index contributed by atoms with van der Waals surface area (Å²) in [7, 11) is 0. The summed E-state index contributed by atoms with van der Waals surface area (Å²) in [5.41, 5.74) is -0.792. The molecular weight excluding hydrogens is 320 g/mol. The SMILES string of the molecule is C#C[C@]1(OC(=O)/C=C/C)CC[C@H]2[C@@H]3CCC4CC=CC[C@@H]4[C@H]3CC[C@@]21C. The largest absolute Gasteiger partial charge is 0.442 e. The lowest BCUT2D eigenvalue weighted by Crippen LogP contribution is -2.54. The van der Waals surface area contributed by atoms with Gasteiger partial charge in [0.15, 0.2) is 5.60 Å². The Bertz CT molecular complexity index is 668. The van der Waals surface area contributed by atoms with Crippen molar-refractivity contribution in [3.63, 3.8) is 0 Å². The molecule has 0 spiro atoms. The number of hydrogen-bond acceptors (Lipinski definition) is 2. The number of fused-ring (bicyclic) bond motifs is 5. The van der Waals surface area contributed by atoms with Crippen LogP contribution in [-0.4, -0.2) is 11.6 Å². The number of terminal acetylenes is 1. The van der Waals surface area contributed by atoms with E-state index in [0.717, 1.165) is 42.9 Å². The van der Waals surface area contributed by atoms with E-state index in [1.54, 1.807) is 6.08 Å². The van der Waals surface area contributed by atoms with E-state index in [9.17, 15) is 4.79 Å². The number of allylic oxidation sites excluding steroid dienone is 3. The molecule has 0 aromatic rings. The normalized spacial score (nSPS) is 46.9. The predicted molar refractivity (Wildman–Crippen MR) is 104 cm³/mol. The summed E-state index contributed by atoms with van der Waals surface area (Å²) in [6.07, 6.45) is 23.6. The Labute approximate surface area is 158 Å².